The first-order valence-electron chi connectivity index (χ1n) is 2.41. The van der Waals surface area contributed by atoms with Crippen molar-refractivity contribution in [2.45, 2.75) is 26.1 Å². The maximum atomic E-state index is 2.21. The monoisotopic (exact) mass is 87.1 g/mol. The van der Waals surface area contributed by atoms with Crippen LogP contribution >= 0.6 is 0 Å². The lowest BCUT2D eigenvalue weighted by molar-refractivity contribution is 0.884. The van der Waals surface area contributed by atoms with E-state index in [-0.39, 0.29) is 6.15 Å². The zero-order chi connectivity index (χ0) is 4.12. The molecule has 0 aliphatic rings. The van der Waals surface area contributed by atoms with Crippen LogP contribution in [0.25, 0.3) is 0 Å². The SMILES string of the molecule is BCCCC.N. The first-order chi connectivity index (χ1) is 2.41. The van der Waals surface area contributed by atoms with Crippen molar-refractivity contribution in [3.05, 3.63) is 0 Å². The van der Waals surface area contributed by atoms with E-state index in [4.69, 9.17) is 0 Å². The lowest BCUT2D eigenvalue weighted by atomic mass is 10.0. The summed E-state index contributed by atoms with van der Waals surface area (Å²) in [6, 6.07) is 0. The lowest BCUT2D eigenvalue weighted by Crippen LogP contribution is -1.63. The molecule has 0 saturated heterocycles. The van der Waals surface area contributed by atoms with Gasteiger partial charge in [-0.05, 0) is 0 Å². The molecular weight excluding hydrogens is 72.9 g/mol. The molecule has 0 aromatic carbocycles. The topological polar surface area (TPSA) is 35.0 Å². The van der Waals surface area contributed by atoms with Gasteiger partial charge in [-0.25, -0.2) is 0 Å². The Balaban J connectivity index is 0. The Bertz CT molecular complexity index is 15.0. The van der Waals surface area contributed by atoms with Gasteiger partial charge in [-0.2, -0.15) is 0 Å². The number of rotatable bonds is 2. The molecule has 0 aliphatic carbocycles. The van der Waals surface area contributed by atoms with E-state index in [1.807, 2.05) is 0 Å². The second-order valence-electron chi connectivity index (χ2n) is 1.35. The Hall–Kier alpha value is 0.0249. The minimum absolute atomic E-state index is 0. The maximum absolute atomic E-state index is 2.21. The van der Waals surface area contributed by atoms with E-state index in [2.05, 4.69) is 14.8 Å². The van der Waals surface area contributed by atoms with Crippen LogP contribution < -0.4 is 6.15 Å². The standard InChI is InChI=1S/C4H11B.H3N/c1-2-3-4-5;/h2-5H2,1H3;1H3. The van der Waals surface area contributed by atoms with E-state index in [9.17, 15) is 0 Å². The van der Waals surface area contributed by atoms with Crippen molar-refractivity contribution in [3.8, 4) is 0 Å². The minimum Gasteiger partial charge on any atom is -0.344 e. The van der Waals surface area contributed by atoms with Gasteiger partial charge in [0.15, 0.2) is 0 Å². The molecule has 0 saturated carbocycles. The fourth-order valence-electron chi connectivity index (χ4n) is 0.354. The third kappa shape index (κ3) is 8.98. The van der Waals surface area contributed by atoms with Gasteiger partial charge in [0.1, 0.15) is 7.85 Å². The molecular formula is C4H14BN. The van der Waals surface area contributed by atoms with Crippen molar-refractivity contribution >= 4 is 7.85 Å². The van der Waals surface area contributed by atoms with Gasteiger partial charge in [0.2, 0.25) is 0 Å². The third-order valence-electron chi connectivity index (χ3n) is 0.707. The summed E-state index contributed by atoms with van der Waals surface area (Å²) in [4.78, 5) is 0. The molecule has 0 bridgehead atoms. The van der Waals surface area contributed by atoms with Crippen LogP contribution in [0.4, 0.5) is 0 Å². The molecule has 6 heavy (non-hydrogen) atoms. The van der Waals surface area contributed by atoms with Gasteiger partial charge in [0.25, 0.3) is 0 Å². The van der Waals surface area contributed by atoms with Crippen LogP contribution in [0.1, 0.15) is 19.8 Å². The van der Waals surface area contributed by atoms with E-state index in [0.717, 1.165) is 0 Å². The van der Waals surface area contributed by atoms with Crippen LogP contribution in [-0.4, -0.2) is 7.85 Å². The molecule has 0 unspecified atom stereocenters. The molecule has 0 heterocycles. The van der Waals surface area contributed by atoms with Gasteiger partial charge in [-0.1, -0.05) is 26.1 Å². The van der Waals surface area contributed by atoms with Crippen molar-refractivity contribution in [2.75, 3.05) is 0 Å². The molecule has 0 aromatic heterocycles. The zero-order valence-corrected chi connectivity index (χ0v) is 4.83. The smallest absolute Gasteiger partial charge is 0.101 e. The van der Waals surface area contributed by atoms with Crippen molar-refractivity contribution in [1.29, 1.82) is 0 Å². The third-order valence-corrected chi connectivity index (χ3v) is 0.707. The summed E-state index contributed by atoms with van der Waals surface area (Å²) in [6.07, 6.45) is 4.08. The van der Waals surface area contributed by atoms with Crippen LogP contribution in [0.5, 0.6) is 0 Å². The molecule has 0 aliphatic heterocycles. The van der Waals surface area contributed by atoms with Crippen LogP contribution in [0, 0.1) is 0 Å². The minimum atomic E-state index is 0. The normalized spacial score (nSPS) is 6.83. The highest BCUT2D eigenvalue weighted by Gasteiger charge is 1.68. The van der Waals surface area contributed by atoms with Crippen molar-refractivity contribution in [1.82, 2.24) is 6.15 Å². The molecule has 0 radical (unpaired) electrons. The molecule has 0 rings (SSSR count). The lowest BCUT2D eigenvalue weighted by Gasteiger charge is -1.78. The highest BCUT2D eigenvalue weighted by atomic mass is 14.0. The predicted molar refractivity (Wildman–Crippen MR) is 33.3 cm³/mol. The molecule has 2 heteroatoms. The summed E-state index contributed by atoms with van der Waals surface area (Å²) in [5.41, 5.74) is 0. The summed E-state index contributed by atoms with van der Waals surface area (Å²) in [5.74, 6) is 0. The molecule has 1 nitrogen and oxygen atoms in total. The van der Waals surface area contributed by atoms with Crippen LogP contribution in [0.3, 0.4) is 0 Å². The molecule has 0 fully saturated rings. The van der Waals surface area contributed by atoms with E-state index in [1.54, 1.807) is 0 Å². The number of unbranched alkanes of at least 4 members (excludes halogenated alkanes) is 1. The first kappa shape index (κ1) is 9.39. The second kappa shape index (κ2) is 8.90. The summed E-state index contributed by atoms with van der Waals surface area (Å²) in [6.45, 7) is 2.21. The Morgan fingerprint density at radius 2 is 2.00 bits per heavy atom. The van der Waals surface area contributed by atoms with Crippen molar-refractivity contribution < 1.29 is 0 Å². The van der Waals surface area contributed by atoms with Gasteiger partial charge in [0, 0.05) is 0 Å². The molecule has 3 N–H and O–H groups in total. The van der Waals surface area contributed by atoms with Crippen molar-refractivity contribution in [3.63, 3.8) is 0 Å². The fraction of sp³-hybridized carbons (Fsp3) is 1.00. The van der Waals surface area contributed by atoms with Gasteiger partial charge >= 0.3 is 0 Å². The summed E-state index contributed by atoms with van der Waals surface area (Å²) >= 11 is 0. The predicted octanol–water partition coefficient (Wildman–Crippen LogP) is 1.000. The maximum Gasteiger partial charge on any atom is 0.101 e. The highest BCUT2D eigenvalue weighted by molar-refractivity contribution is 6.08. The molecule has 0 atom stereocenters. The fourth-order valence-corrected chi connectivity index (χ4v) is 0.354. The molecule has 0 spiro atoms. The average molecular weight is 87.0 g/mol. The molecule has 0 aromatic rings. The largest absolute Gasteiger partial charge is 0.344 e. The van der Waals surface area contributed by atoms with Gasteiger partial charge in [-0.15, -0.1) is 0 Å². The average Bonchev–Trinajstić information content (AvgIpc) is 1.41. The second-order valence-corrected chi connectivity index (χ2v) is 1.35. The Kier molecular flexibility index (Phi) is 13.9. The summed E-state index contributed by atoms with van der Waals surface area (Å²) in [5, 5.41) is 0. The Morgan fingerprint density at radius 1 is 1.50 bits per heavy atom. The van der Waals surface area contributed by atoms with E-state index in [0.29, 0.717) is 0 Å². The summed E-state index contributed by atoms with van der Waals surface area (Å²) in [7, 11) is 2.21. The number of hydrogen-bond acceptors (Lipinski definition) is 1. The van der Waals surface area contributed by atoms with Crippen LogP contribution in [0.2, 0.25) is 6.32 Å². The van der Waals surface area contributed by atoms with E-state index < -0.39 is 0 Å². The summed E-state index contributed by atoms with van der Waals surface area (Å²) < 4.78 is 0. The molecule has 38 valence electrons. The van der Waals surface area contributed by atoms with Crippen LogP contribution in [0.15, 0.2) is 0 Å². The highest BCUT2D eigenvalue weighted by Crippen LogP contribution is 1.86. The van der Waals surface area contributed by atoms with Crippen LogP contribution in [-0.2, 0) is 0 Å². The molecule has 0 amide bonds. The van der Waals surface area contributed by atoms with Crippen molar-refractivity contribution in [2.24, 2.45) is 0 Å². The Labute approximate surface area is 41.1 Å². The van der Waals surface area contributed by atoms with E-state index >= 15 is 0 Å². The zero-order valence-electron chi connectivity index (χ0n) is 4.83. The van der Waals surface area contributed by atoms with Gasteiger partial charge < -0.3 is 6.15 Å². The van der Waals surface area contributed by atoms with Gasteiger partial charge in [0.05, 0.1) is 0 Å². The first-order valence-corrected chi connectivity index (χ1v) is 2.41. The van der Waals surface area contributed by atoms with E-state index in [1.165, 1.54) is 19.2 Å². The Morgan fingerprint density at radius 3 is 2.00 bits per heavy atom. The quantitative estimate of drug-likeness (QED) is 0.501. The van der Waals surface area contributed by atoms with Gasteiger partial charge in [-0.3, -0.25) is 0 Å². The number of hydrogen-bond donors (Lipinski definition) is 1.